The van der Waals surface area contributed by atoms with E-state index in [2.05, 4.69) is 40.3 Å². The van der Waals surface area contributed by atoms with E-state index >= 15 is 0 Å². The number of hydrogen-bond donors (Lipinski definition) is 4. The minimum Gasteiger partial charge on any atom is -0.491 e. The van der Waals surface area contributed by atoms with Gasteiger partial charge in [0.15, 0.2) is 17.5 Å². The molecule has 2 fully saturated rings. The van der Waals surface area contributed by atoms with E-state index in [4.69, 9.17) is 24.1 Å². The lowest BCUT2D eigenvalue weighted by atomic mass is 10.0. The highest BCUT2D eigenvalue weighted by atomic mass is 16.5. The molecule has 3 aliphatic heterocycles. The molecule has 58 heavy (non-hydrogen) atoms. The summed E-state index contributed by atoms with van der Waals surface area (Å²) in [7, 11) is 0. The van der Waals surface area contributed by atoms with Crippen LogP contribution < -0.4 is 30.9 Å². The Bertz CT molecular complexity index is 2020. The third-order valence-corrected chi connectivity index (χ3v) is 10.5. The molecule has 1 aliphatic carbocycles. The molecule has 2 aromatic carbocycles. The van der Waals surface area contributed by atoms with E-state index in [1.807, 2.05) is 47.4 Å². The zero-order valence-corrected chi connectivity index (χ0v) is 33.3. The lowest BCUT2D eigenvalue weighted by molar-refractivity contribution is -0.130. The van der Waals surface area contributed by atoms with Gasteiger partial charge in [-0.05, 0) is 67.7 Å². The monoisotopic (exact) mass is 795 g/mol. The van der Waals surface area contributed by atoms with Gasteiger partial charge in [0, 0.05) is 32.0 Å². The van der Waals surface area contributed by atoms with Crippen molar-refractivity contribution in [3.63, 3.8) is 0 Å². The molecular weight excluding hydrogens is 743 g/mol. The van der Waals surface area contributed by atoms with Crippen LogP contribution in [0.4, 0.5) is 5.82 Å². The zero-order valence-electron chi connectivity index (χ0n) is 33.3. The van der Waals surface area contributed by atoms with Crippen LogP contribution in [0.1, 0.15) is 79.4 Å². The molecule has 0 spiro atoms. The highest BCUT2D eigenvalue weighted by Crippen LogP contribution is 2.32. The van der Waals surface area contributed by atoms with E-state index in [0.717, 1.165) is 24.0 Å². The summed E-state index contributed by atoms with van der Waals surface area (Å²) < 4.78 is 18.6. The maximum atomic E-state index is 14.1. The third-order valence-electron chi connectivity index (χ3n) is 10.5. The molecule has 308 valence electrons. The first-order valence-corrected chi connectivity index (χ1v) is 20.3. The van der Waals surface area contributed by atoms with E-state index in [-0.39, 0.29) is 43.2 Å². The first-order chi connectivity index (χ1) is 28.1. The summed E-state index contributed by atoms with van der Waals surface area (Å²) in [5.74, 6) is 0.961. The standard InChI is InChI=1S/C42H53N9O7/c1-26(2)19-31-25-57-32-13-11-29(12-14-32)21-34(46-42(55)35-23-37(49-58-35)50-15-17-56-18-16-50)41(54)43-27(3)40(53)45-33(20-28-7-5-4-6-8-28)39-47-36(22-30-9-10-30)48-51(39)24-38(52)44-31/h4-8,11-14,23,26-27,30-31,33-34H,9-10,15-22,24-25H2,1-3H3,(H,43,54)(H,44,52)(H,45,53)(H,46,55)/t27-,31+,33-,34+/m1/s1. The van der Waals surface area contributed by atoms with Crippen LogP contribution in [0.3, 0.4) is 0 Å². The Balaban J connectivity index is 1.18. The van der Waals surface area contributed by atoms with Gasteiger partial charge in [0.05, 0.1) is 25.3 Å². The van der Waals surface area contributed by atoms with E-state index in [1.165, 1.54) is 0 Å². The summed E-state index contributed by atoms with van der Waals surface area (Å²) in [4.78, 5) is 62.3. The fourth-order valence-corrected chi connectivity index (χ4v) is 7.23. The Morgan fingerprint density at radius 1 is 0.948 bits per heavy atom. The maximum absolute atomic E-state index is 14.1. The number of rotatable bonds is 9. The van der Waals surface area contributed by atoms with Crippen molar-refractivity contribution in [2.75, 3.05) is 37.8 Å². The molecule has 4 atom stereocenters. The van der Waals surface area contributed by atoms with Crippen molar-refractivity contribution in [2.24, 2.45) is 11.8 Å². The van der Waals surface area contributed by atoms with E-state index < -0.39 is 35.8 Å². The predicted octanol–water partition coefficient (Wildman–Crippen LogP) is 2.92. The van der Waals surface area contributed by atoms with Gasteiger partial charge < -0.3 is 40.2 Å². The van der Waals surface area contributed by atoms with Crippen molar-refractivity contribution in [3.05, 3.63) is 89.2 Å². The predicted molar refractivity (Wildman–Crippen MR) is 213 cm³/mol. The van der Waals surface area contributed by atoms with Crippen LogP contribution in [0.2, 0.25) is 0 Å². The summed E-state index contributed by atoms with van der Waals surface area (Å²) in [5, 5.41) is 20.8. The van der Waals surface area contributed by atoms with Crippen molar-refractivity contribution in [1.29, 1.82) is 0 Å². The molecule has 4 aromatic rings. The van der Waals surface area contributed by atoms with Crippen LogP contribution in [0, 0.1) is 11.8 Å². The van der Waals surface area contributed by atoms with Gasteiger partial charge in [-0.2, -0.15) is 5.10 Å². The SMILES string of the molecule is CC(C)C[C@H]1COc2ccc(cc2)C[C@H](NC(=O)c2cc(N3CCOCC3)no2)C(=O)N[C@H](C)C(=O)N[C@H](Cc2ccccc2)c2nc(CC3CC3)nn2CC(=O)N1. The second-order valence-corrected chi connectivity index (χ2v) is 15.9. The van der Waals surface area contributed by atoms with E-state index in [0.29, 0.717) is 74.7 Å². The normalized spacial score (nSPS) is 22.3. The highest BCUT2D eigenvalue weighted by Gasteiger charge is 2.32. The van der Waals surface area contributed by atoms with Gasteiger partial charge in [-0.3, -0.25) is 19.2 Å². The van der Waals surface area contributed by atoms with E-state index in [9.17, 15) is 19.2 Å². The lowest BCUT2D eigenvalue weighted by Crippen LogP contribution is -2.54. The summed E-state index contributed by atoms with van der Waals surface area (Å²) in [6, 6.07) is 15.3. The van der Waals surface area contributed by atoms with Gasteiger partial charge >= 0.3 is 0 Å². The Kier molecular flexibility index (Phi) is 13.0. The fourth-order valence-electron chi connectivity index (χ4n) is 7.23. The minimum atomic E-state index is -1.09. The van der Waals surface area contributed by atoms with Crippen LogP contribution in [0.15, 0.2) is 65.2 Å². The van der Waals surface area contributed by atoms with Gasteiger partial charge in [-0.15, -0.1) is 0 Å². The lowest BCUT2D eigenvalue weighted by Gasteiger charge is -2.25. The van der Waals surface area contributed by atoms with Crippen molar-refractivity contribution < 1.29 is 33.2 Å². The van der Waals surface area contributed by atoms with Crippen LogP contribution in [0.5, 0.6) is 5.75 Å². The van der Waals surface area contributed by atoms with Gasteiger partial charge in [0.2, 0.25) is 23.5 Å². The quantitative estimate of drug-likeness (QED) is 0.195. The smallest absolute Gasteiger partial charge is 0.290 e. The van der Waals surface area contributed by atoms with Gasteiger partial charge in [0.25, 0.3) is 5.91 Å². The molecule has 16 heteroatoms. The Morgan fingerprint density at radius 2 is 1.71 bits per heavy atom. The second kappa shape index (κ2) is 18.7. The molecule has 4 aliphatic rings. The number of nitrogens with zero attached hydrogens (tertiary/aromatic N) is 5. The molecule has 1 saturated heterocycles. The second-order valence-electron chi connectivity index (χ2n) is 15.9. The average Bonchev–Trinajstić information content (AvgIpc) is 3.72. The Labute approximate surface area is 337 Å². The summed E-state index contributed by atoms with van der Waals surface area (Å²) in [6.07, 6.45) is 4.02. The minimum absolute atomic E-state index is 0.0489. The molecule has 4 N–H and O–H groups in total. The molecule has 2 bridgehead atoms. The Morgan fingerprint density at radius 3 is 2.43 bits per heavy atom. The van der Waals surface area contributed by atoms with Crippen LogP contribution >= 0.6 is 0 Å². The Hall–Kier alpha value is -5.77. The van der Waals surface area contributed by atoms with Crippen molar-refractivity contribution >= 4 is 29.4 Å². The van der Waals surface area contributed by atoms with Crippen molar-refractivity contribution in [3.8, 4) is 5.75 Å². The van der Waals surface area contributed by atoms with Gasteiger partial charge in [0.1, 0.15) is 31.0 Å². The number of aromatic nitrogens is 4. The summed E-state index contributed by atoms with van der Waals surface area (Å²) in [5.41, 5.74) is 1.68. The molecule has 1 saturated carbocycles. The number of hydrogen-bond acceptors (Lipinski definition) is 11. The fraction of sp³-hybridized carbons (Fsp3) is 0.500. The number of morpholine rings is 1. The molecule has 0 radical (unpaired) electrons. The number of carbonyl (C=O) groups excluding carboxylic acids is 4. The number of fused-ring (bicyclic) bond motifs is 14. The number of anilines is 1. The molecule has 5 heterocycles. The maximum Gasteiger partial charge on any atom is 0.290 e. The number of ether oxygens (including phenoxy) is 2. The molecule has 16 nitrogen and oxygen atoms in total. The number of benzene rings is 2. The molecular formula is C42H53N9O7. The number of carbonyl (C=O) groups is 4. The van der Waals surface area contributed by atoms with Crippen LogP contribution in [-0.2, 0) is 44.9 Å². The number of amides is 4. The summed E-state index contributed by atoms with van der Waals surface area (Å²) in [6.45, 7) is 8.18. The van der Waals surface area contributed by atoms with Crippen LogP contribution in [-0.4, -0.2) is 94.6 Å². The zero-order chi connectivity index (χ0) is 40.6. The van der Waals surface area contributed by atoms with Gasteiger partial charge in [-0.1, -0.05) is 61.5 Å². The molecule has 0 unspecified atom stereocenters. The molecule has 4 amide bonds. The topological polar surface area (TPSA) is 195 Å². The molecule has 2 aromatic heterocycles. The van der Waals surface area contributed by atoms with Crippen molar-refractivity contribution in [2.45, 2.75) is 90.0 Å². The highest BCUT2D eigenvalue weighted by molar-refractivity contribution is 5.97. The third kappa shape index (κ3) is 11.0. The first-order valence-electron chi connectivity index (χ1n) is 20.3. The molecule has 8 rings (SSSR count). The number of nitrogens with one attached hydrogen (secondary N) is 4. The first kappa shape index (κ1) is 40.4. The van der Waals surface area contributed by atoms with Crippen molar-refractivity contribution in [1.82, 2.24) is 41.2 Å². The summed E-state index contributed by atoms with van der Waals surface area (Å²) >= 11 is 0. The van der Waals surface area contributed by atoms with Crippen LogP contribution in [0.25, 0.3) is 0 Å². The van der Waals surface area contributed by atoms with E-state index in [1.54, 1.807) is 29.8 Å². The average molecular weight is 796 g/mol. The largest absolute Gasteiger partial charge is 0.491 e. The van der Waals surface area contributed by atoms with Gasteiger partial charge in [-0.25, -0.2) is 9.67 Å².